The Kier molecular flexibility index (Phi) is 3.60. The average Bonchev–Trinajstić information content (AvgIpc) is 2.86. The fraction of sp³-hybridized carbons (Fsp3) is 0.294. The van der Waals surface area contributed by atoms with Crippen LogP contribution >= 0.6 is 0 Å². The third-order valence-corrected chi connectivity index (χ3v) is 3.72. The molecule has 108 valence electrons. The SMILES string of the molecule is CCCc1nc2ccn(C)c2c(=O)n1Cc1ccccc1. The first-order valence-corrected chi connectivity index (χ1v) is 7.29. The molecule has 4 heteroatoms. The molecule has 0 unspecified atom stereocenters. The standard InChI is InChI=1S/C17H19N3O/c1-3-7-15-18-14-10-11-19(2)16(14)17(21)20(15)12-13-8-5-4-6-9-13/h4-6,8-11H,3,7,12H2,1-2H3. The Morgan fingerprint density at radius 1 is 1.14 bits per heavy atom. The highest BCUT2D eigenvalue weighted by Gasteiger charge is 2.13. The van der Waals surface area contributed by atoms with Crippen LogP contribution in [0.5, 0.6) is 0 Å². The topological polar surface area (TPSA) is 39.8 Å². The van der Waals surface area contributed by atoms with Gasteiger partial charge < -0.3 is 4.57 Å². The first kappa shape index (κ1) is 13.6. The molecule has 0 bridgehead atoms. The van der Waals surface area contributed by atoms with E-state index in [9.17, 15) is 4.79 Å². The van der Waals surface area contributed by atoms with Crippen molar-refractivity contribution in [2.45, 2.75) is 26.3 Å². The molecule has 2 heterocycles. The zero-order chi connectivity index (χ0) is 14.8. The Bertz CT molecular complexity index is 815. The second kappa shape index (κ2) is 5.56. The largest absolute Gasteiger partial charge is 0.345 e. The molecule has 0 saturated carbocycles. The Balaban J connectivity index is 2.18. The maximum Gasteiger partial charge on any atom is 0.278 e. The lowest BCUT2D eigenvalue weighted by molar-refractivity contribution is 0.662. The fourth-order valence-corrected chi connectivity index (χ4v) is 2.66. The van der Waals surface area contributed by atoms with Gasteiger partial charge in [-0.3, -0.25) is 9.36 Å². The van der Waals surface area contributed by atoms with Crippen LogP contribution in [0.15, 0.2) is 47.4 Å². The third-order valence-electron chi connectivity index (χ3n) is 3.72. The molecule has 0 aliphatic heterocycles. The molecule has 4 nitrogen and oxygen atoms in total. The molecule has 0 aliphatic carbocycles. The highest BCUT2D eigenvalue weighted by atomic mass is 16.1. The molecule has 2 aromatic heterocycles. The van der Waals surface area contributed by atoms with E-state index in [2.05, 4.69) is 11.9 Å². The summed E-state index contributed by atoms with van der Waals surface area (Å²) < 4.78 is 3.66. The number of rotatable bonds is 4. The molecule has 3 rings (SSSR count). The lowest BCUT2D eigenvalue weighted by atomic mass is 10.2. The van der Waals surface area contributed by atoms with E-state index >= 15 is 0 Å². The minimum absolute atomic E-state index is 0.0415. The number of fused-ring (bicyclic) bond motifs is 1. The second-order valence-corrected chi connectivity index (χ2v) is 5.32. The van der Waals surface area contributed by atoms with Crippen molar-refractivity contribution in [3.63, 3.8) is 0 Å². The molecule has 0 saturated heterocycles. The maximum atomic E-state index is 12.8. The van der Waals surface area contributed by atoms with Gasteiger partial charge in [-0.2, -0.15) is 0 Å². The number of hydrogen-bond acceptors (Lipinski definition) is 2. The van der Waals surface area contributed by atoms with Crippen LogP contribution in [-0.4, -0.2) is 14.1 Å². The quantitative estimate of drug-likeness (QED) is 0.737. The second-order valence-electron chi connectivity index (χ2n) is 5.32. The first-order valence-electron chi connectivity index (χ1n) is 7.29. The normalized spacial score (nSPS) is 11.1. The number of hydrogen-bond donors (Lipinski definition) is 0. The van der Waals surface area contributed by atoms with Crippen molar-refractivity contribution >= 4 is 11.0 Å². The van der Waals surface area contributed by atoms with Crippen molar-refractivity contribution in [1.29, 1.82) is 0 Å². The van der Waals surface area contributed by atoms with Gasteiger partial charge in [0.15, 0.2) is 0 Å². The maximum absolute atomic E-state index is 12.8. The van der Waals surface area contributed by atoms with Crippen LogP contribution < -0.4 is 5.56 Å². The first-order chi connectivity index (χ1) is 10.2. The number of aromatic nitrogens is 3. The summed E-state index contributed by atoms with van der Waals surface area (Å²) >= 11 is 0. The molecule has 0 atom stereocenters. The Labute approximate surface area is 123 Å². The highest BCUT2D eigenvalue weighted by molar-refractivity contribution is 5.74. The van der Waals surface area contributed by atoms with Crippen LogP contribution in [-0.2, 0) is 20.0 Å². The number of aryl methyl sites for hydroxylation is 2. The van der Waals surface area contributed by atoms with Gasteiger partial charge in [0.2, 0.25) is 0 Å². The van der Waals surface area contributed by atoms with Crippen molar-refractivity contribution in [3.8, 4) is 0 Å². The van der Waals surface area contributed by atoms with E-state index in [0.29, 0.717) is 12.1 Å². The minimum atomic E-state index is 0.0415. The summed E-state index contributed by atoms with van der Waals surface area (Å²) in [4.78, 5) is 17.5. The molecule has 0 amide bonds. The Hall–Kier alpha value is -2.36. The minimum Gasteiger partial charge on any atom is -0.345 e. The summed E-state index contributed by atoms with van der Waals surface area (Å²) in [6.45, 7) is 2.68. The Morgan fingerprint density at radius 3 is 2.62 bits per heavy atom. The van der Waals surface area contributed by atoms with Crippen LogP contribution in [0.2, 0.25) is 0 Å². The van der Waals surface area contributed by atoms with Gasteiger partial charge in [0.05, 0.1) is 12.1 Å². The summed E-state index contributed by atoms with van der Waals surface area (Å²) in [5.41, 5.74) is 2.62. The van der Waals surface area contributed by atoms with E-state index in [1.165, 1.54) is 0 Å². The van der Waals surface area contributed by atoms with Crippen molar-refractivity contribution in [3.05, 3.63) is 64.3 Å². The molecular weight excluding hydrogens is 262 g/mol. The lowest BCUT2D eigenvalue weighted by Gasteiger charge is -2.12. The van der Waals surface area contributed by atoms with Crippen LogP contribution in [0.3, 0.4) is 0 Å². The smallest absolute Gasteiger partial charge is 0.278 e. The van der Waals surface area contributed by atoms with Crippen molar-refractivity contribution in [1.82, 2.24) is 14.1 Å². The Morgan fingerprint density at radius 2 is 1.90 bits per heavy atom. The van der Waals surface area contributed by atoms with Crippen molar-refractivity contribution in [2.24, 2.45) is 7.05 Å². The molecule has 3 aromatic rings. The van der Waals surface area contributed by atoms with Crippen LogP contribution in [0.25, 0.3) is 11.0 Å². The van der Waals surface area contributed by atoms with Crippen molar-refractivity contribution in [2.75, 3.05) is 0 Å². The predicted molar refractivity (Wildman–Crippen MR) is 84.5 cm³/mol. The van der Waals surface area contributed by atoms with Gasteiger partial charge in [-0.1, -0.05) is 37.3 Å². The van der Waals surface area contributed by atoms with Gasteiger partial charge in [0.25, 0.3) is 5.56 Å². The van der Waals surface area contributed by atoms with Crippen LogP contribution in [0.4, 0.5) is 0 Å². The molecule has 0 radical (unpaired) electrons. The summed E-state index contributed by atoms with van der Waals surface area (Å²) in [7, 11) is 1.89. The van der Waals surface area contributed by atoms with Gasteiger partial charge in [0, 0.05) is 19.7 Å². The number of nitrogens with zero attached hydrogens (tertiary/aromatic N) is 3. The summed E-state index contributed by atoms with van der Waals surface area (Å²) in [5, 5.41) is 0. The van der Waals surface area contributed by atoms with E-state index in [0.717, 1.165) is 29.7 Å². The lowest BCUT2D eigenvalue weighted by Crippen LogP contribution is -2.27. The molecule has 21 heavy (non-hydrogen) atoms. The van der Waals surface area contributed by atoms with Crippen LogP contribution in [0.1, 0.15) is 24.7 Å². The molecule has 0 spiro atoms. The van der Waals surface area contributed by atoms with E-state index in [-0.39, 0.29) is 5.56 Å². The highest BCUT2D eigenvalue weighted by Crippen LogP contribution is 2.12. The van der Waals surface area contributed by atoms with Crippen molar-refractivity contribution < 1.29 is 0 Å². The van der Waals surface area contributed by atoms with Gasteiger partial charge >= 0.3 is 0 Å². The van der Waals surface area contributed by atoms with E-state index in [1.807, 2.05) is 54.2 Å². The summed E-state index contributed by atoms with van der Waals surface area (Å²) in [6, 6.07) is 12.0. The zero-order valence-corrected chi connectivity index (χ0v) is 12.4. The van der Waals surface area contributed by atoms with Gasteiger partial charge in [-0.25, -0.2) is 4.98 Å². The number of benzene rings is 1. The monoisotopic (exact) mass is 281 g/mol. The predicted octanol–water partition coefficient (Wildman–Crippen LogP) is 2.74. The average molecular weight is 281 g/mol. The van der Waals surface area contributed by atoms with Crippen LogP contribution in [0, 0.1) is 0 Å². The molecule has 0 N–H and O–H groups in total. The van der Waals surface area contributed by atoms with Gasteiger partial charge in [0.1, 0.15) is 11.3 Å². The summed E-state index contributed by atoms with van der Waals surface area (Å²) in [6.07, 6.45) is 3.67. The van der Waals surface area contributed by atoms with Gasteiger partial charge in [-0.05, 0) is 18.1 Å². The summed E-state index contributed by atoms with van der Waals surface area (Å²) in [5.74, 6) is 0.866. The zero-order valence-electron chi connectivity index (χ0n) is 12.4. The van der Waals surface area contributed by atoms with E-state index < -0.39 is 0 Å². The molecule has 1 aromatic carbocycles. The van der Waals surface area contributed by atoms with E-state index in [4.69, 9.17) is 0 Å². The molecular formula is C17H19N3O. The molecule has 0 fully saturated rings. The van der Waals surface area contributed by atoms with E-state index in [1.54, 1.807) is 4.57 Å². The third kappa shape index (κ3) is 2.49. The van der Waals surface area contributed by atoms with Gasteiger partial charge in [-0.15, -0.1) is 0 Å². The fourth-order valence-electron chi connectivity index (χ4n) is 2.66. The molecule has 0 aliphatic rings.